The Kier molecular flexibility index (Phi) is 9.22. The summed E-state index contributed by atoms with van der Waals surface area (Å²) in [5.74, 6) is -6.13. The molecule has 2 aromatic rings. The van der Waals surface area contributed by atoms with Gasteiger partial charge in [-0.15, -0.1) is 5.10 Å². The number of carboxylic acids is 2. The summed E-state index contributed by atoms with van der Waals surface area (Å²) in [7, 11) is 0. The van der Waals surface area contributed by atoms with E-state index in [2.05, 4.69) is 15.6 Å². The lowest BCUT2D eigenvalue weighted by Gasteiger charge is -2.19. The van der Waals surface area contributed by atoms with Gasteiger partial charge < -0.3 is 36.2 Å². The molecule has 0 aliphatic carbocycles. The van der Waals surface area contributed by atoms with E-state index in [4.69, 9.17) is 20.7 Å². The Bertz CT molecular complexity index is 1200. The molecule has 0 bridgehead atoms. The number of aliphatic hydroxyl groups excluding tert-OH is 2. The number of primary amides is 1. The summed E-state index contributed by atoms with van der Waals surface area (Å²) >= 11 is 0. The highest BCUT2D eigenvalue weighted by molar-refractivity contribution is 5.96. The first-order chi connectivity index (χ1) is 18.0. The van der Waals surface area contributed by atoms with Crippen molar-refractivity contribution in [1.29, 1.82) is 0 Å². The average Bonchev–Trinajstić information content (AvgIpc) is 3.42. The van der Waals surface area contributed by atoms with Crippen molar-refractivity contribution in [2.24, 2.45) is 11.7 Å². The van der Waals surface area contributed by atoms with Crippen molar-refractivity contribution in [3.8, 4) is 11.3 Å². The number of hydrogen-bond acceptors (Lipinski definition) is 10. The number of ketones is 1. The van der Waals surface area contributed by atoms with Gasteiger partial charge >= 0.3 is 11.9 Å². The maximum absolute atomic E-state index is 12.6. The van der Waals surface area contributed by atoms with Gasteiger partial charge in [-0.1, -0.05) is 35.5 Å². The Morgan fingerprint density at radius 3 is 2.29 bits per heavy atom. The molecule has 38 heavy (non-hydrogen) atoms. The molecule has 204 valence electrons. The smallest absolute Gasteiger partial charge is 0.304 e. The monoisotopic (exact) mass is 533 g/mol. The molecule has 1 aromatic heterocycles. The quantitative estimate of drug-likeness (QED) is 0.176. The molecule has 1 aromatic carbocycles. The number of nitrogens with two attached hydrogens (primary N) is 1. The summed E-state index contributed by atoms with van der Waals surface area (Å²) < 4.78 is 6.83. The number of aliphatic carboxylic acids is 2. The van der Waals surface area contributed by atoms with Gasteiger partial charge in [0, 0.05) is 24.9 Å². The lowest BCUT2D eigenvalue weighted by molar-refractivity contribution is -0.142. The summed E-state index contributed by atoms with van der Waals surface area (Å²) in [6.45, 7) is -0.370. The van der Waals surface area contributed by atoms with Crippen LogP contribution in [0.2, 0.25) is 0 Å². The van der Waals surface area contributed by atoms with Crippen molar-refractivity contribution >= 4 is 29.5 Å². The van der Waals surface area contributed by atoms with Gasteiger partial charge in [-0.25, -0.2) is 4.68 Å². The van der Waals surface area contributed by atoms with Crippen molar-refractivity contribution in [2.75, 3.05) is 6.54 Å². The maximum Gasteiger partial charge on any atom is 0.304 e. The minimum atomic E-state index is -1.56. The number of carbonyl (C=O) groups excluding carboxylic acids is 3. The van der Waals surface area contributed by atoms with Crippen molar-refractivity contribution < 1.29 is 49.1 Å². The first kappa shape index (κ1) is 28.4. The normalized spacial score (nSPS) is 21.5. The number of carbonyl (C=O) groups is 5. The number of nitrogens with zero attached hydrogens (tertiary/aromatic N) is 3. The van der Waals surface area contributed by atoms with Gasteiger partial charge in [0.25, 0.3) is 5.91 Å². The lowest BCUT2D eigenvalue weighted by atomic mass is 9.95. The molecule has 15 nitrogen and oxygen atoms in total. The summed E-state index contributed by atoms with van der Waals surface area (Å²) in [5.41, 5.74) is 5.85. The van der Waals surface area contributed by atoms with Gasteiger partial charge in [0.15, 0.2) is 11.9 Å². The molecule has 2 heterocycles. The molecule has 2 amide bonds. The summed E-state index contributed by atoms with van der Waals surface area (Å²) in [6, 6.07) is 8.42. The minimum Gasteiger partial charge on any atom is -0.481 e. The fraction of sp³-hybridized carbons (Fsp3) is 0.435. The zero-order valence-corrected chi connectivity index (χ0v) is 20.0. The van der Waals surface area contributed by atoms with Crippen molar-refractivity contribution in [3.05, 3.63) is 36.0 Å². The number of amides is 2. The Balaban J connectivity index is 1.72. The number of hydrogen-bond donors (Lipinski definition) is 6. The van der Waals surface area contributed by atoms with Crippen LogP contribution < -0.4 is 11.1 Å². The fourth-order valence-electron chi connectivity index (χ4n) is 4.04. The molecule has 0 spiro atoms. The third kappa shape index (κ3) is 6.76. The first-order valence-corrected chi connectivity index (χ1v) is 11.5. The van der Waals surface area contributed by atoms with Gasteiger partial charge in [0.1, 0.15) is 29.8 Å². The highest BCUT2D eigenvalue weighted by atomic mass is 16.6. The van der Waals surface area contributed by atoms with Gasteiger partial charge in [-0.05, 0) is 0 Å². The van der Waals surface area contributed by atoms with Gasteiger partial charge in [-0.3, -0.25) is 24.0 Å². The second kappa shape index (κ2) is 12.4. The molecule has 7 N–H and O–H groups in total. The van der Waals surface area contributed by atoms with E-state index in [1.165, 1.54) is 0 Å². The standard InChI is InChI=1S/C23H27N5O10/c24-21(36)17-18(11-4-2-1-3-5-11)28(27-26-17)23-20(35)19(34)14(38-23)10-25-22(37)12(9-16(32)33)8-13(29)6-7-15(30)31/h1-5,12,14,19-20,23,34-35H,6-10H2,(H2,24,36)(H,25,37)(H,30,31)(H,32,33)/t12-,14+,19+,20+,23+/m0/s1. The largest absolute Gasteiger partial charge is 0.481 e. The molecule has 5 atom stereocenters. The van der Waals surface area contributed by atoms with Crippen LogP contribution >= 0.6 is 0 Å². The predicted octanol–water partition coefficient (Wildman–Crippen LogP) is -1.31. The second-order valence-electron chi connectivity index (χ2n) is 8.68. The molecule has 1 aliphatic heterocycles. The topological polar surface area (TPSA) is 244 Å². The zero-order valence-electron chi connectivity index (χ0n) is 20.0. The van der Waals surface area contributed by atoms with E-state index in [0.717, 1.165) is 4.68 Å². The second-order valence-corrected chi connectivity index (χ2v) is 8.68. The van der Waals surface area contributed by atoms with E-state index in [1.807, 2.05) is 0 Å². The van der Waals surface area contributed by atoms with E-state index < -0.39 is 79.3 Å². The van der Waals surface area contributed by atoms with Gasteiger partial charge in [0.2, 0.25) is 5.91 Å². The SMILES string of the molecule is NC(=O)c1nnn([C@@H]2O[C@H](CNC(=O)[C@H](CC(=O)O)CC(=O)CCC(=O)O)[C@@H](O)[C@H]2O)c1-c1ccccc1. The van der Waals surface area contributed by atoms with Crippen LogP contribution in [0, 0.1) is 5.92 Å². The van der Waals surface area contributed by atoms with Crippen molar-refractivity contribution in [2.45, 2.75) is 50.2 Å². The number of Topliss-reactive ketones (excluding diaryl/α,β-unsaturated/α-hetero) is 1. The van der Waals surface area contributed by atoms with Crippen LogP contribution in [-0.2, 0) is 23.9 Å². The number of nitrogens with one attached hydrogen (secondary N) is 1. The molecule has 0 saturated carbocycles. The molecule has 1 aliphatic rings. The van der Waals surface area contributed by atoms with E-state index in [-0.39, 0.29) is 24.4 Å². The zero-order chi connectivity index (χ0) is 28.0. The predicted molar refractivity (Wildman–Crippen MR) is 125 cm³/mol. The van der Waals surface area contributed by atoms with E-state index in [0.29, 0.717) is 5.56 Å². The molecule has 0 radical (unpaired) electrons. The summed E-state index contributed by atoms with van der Waals surface area (Å²) in [5, 5.41) is 49.1. The number of carboxylic acid groups (broad SMARTS) is 2. The minimum absolute atomic E-state index is 0.139. The molecular weight excluding hydrogens is 506 g/mol. The molecule has 0 unspecified atom stereocenters. The van der Waals surface area contributed by atoms with Crippen LogP contribution in [0.1, 0.15) is 42.4 Å². The van der Waals surface area contributed by atoms with Gasteiger partial charge in [0.05, 0.1) is 18.8 Å². The van der Waals surface area contributed by atoms with Crippen LogP contribution in [0.5, 0.6) is 0 Å². The average molecular weight is 533 g/mol. The Morgan fingerprint density at radius 2 is 1.68 bits per heavy atom. The molecular formula is C23H27N5O10. The number of aliphatic hydroxyl groups is 2. The van der Waals surface area contributed by atoms with Crippen molar-refractivity contribution in [3.63, 3.8) is 0 Å². The molecule has 15 heteroatoms. The maximum atomic E-state index is 12.6. The molecule has 3 rings (SSSR count). The van der Waals surface area contributed by atoms with E-state index in [9.17, 15) is 34.2 Å². The van der Waals surface area contributed by atoms with Crippen LogP contribution in [-0.4, -0.2) is 89.8 Å². The van der Waals surface area contributed by atoms with Crippen LogP contribution in [0.4, 0.5) is 0 Å². The third-order valence-electron chi connectivity index (χ3n) is 5.91. The Hall–Kier alpha value is -4.21. The highest BCUT2D eigenvalue weighted by Crippen LogP contribution is 2.33. The van der Waals surface area contributed by atoms with E-state index >= 15 is 0 Å². The van der Waals surface area contributed by atoms with E-state index in [1.54, 1.807) is 30.3 Å². The first-order valence-electron chi connectivity index (χ1n) is 11.5. The van der Waals surface area contributed by atoms with Crippen molar-refractivity contribution in [1.82, 2.24) is 20.3 Å². The number of rotatable bonds is 13. The Labute approximate surface area is 215 Å². The third-order valence-corrected chi connectivity index (χ3v) is 5.91. The highest BCUT2D eigenvalue weighted by Gasteiger charge is 2.46. The van der Waals surface area contributed by atoms with Crippen LogP contribution in [0.25, 0.3) is 11.3 Å². The van der Waals surface area contributed by atoms with Gasteiger partial charge in [-0.2, -0.15) is 0 Å². The number of ether oxygens (including phenoxy) is 1. The molecule has 1 fully saturated rings. The summed E-state index contributed by atoms with van der Waals surface area (Å²) in [4.78, 5) is 58.4. The lowest BCUT2D eigenvalue weighted by Crippen LogP contribution is -2.42. The Morgan fingerprint density at radius 1 is 1.00 bits per heavy atom. The number of benzene rings is 1. The molecule has 1 saturated heterocycles. The van der Waals surface area contributed by atoms with Crippen LogP contribution in [0.15, 0.2) is 30.3 Å². The fourth-order valence-corrected chi connectivity index (χ4v) is 4.04. The van der Waals surface area contributed by atoms with Crippen LogP contribution in [0.3, 0.4) is 0 Å². The number of aromatic nitrogens is 3. The summed E-state index contributed by atoms with van der Waals surface area (Å²) in [6.07, 6.45) is -7.57.